The maximum atomic E-state index is 13.3. The number of hydrogen-bond acceptors (Lipinski definition) is 4. The lowest BCUT2D eigenvalue weighted by Crippen LogP contribution is -2.48. The van der Waals surface area contributed by atoms with Gasteiger partial charge in [-0.1, -0.05) is 42.5 Å². The third-order valence-corrected chi connectivity index (χ3v) is 5.91. The summed E-state index contributed by atoms with van der Waals surface area (Å²) in [6.45, 7) is 2.67. The van der Waals surface area contributed by atoms with Gasteiger partial charge in [0.15, 0.2) is 5.11 Å². The minimum absolute atomic E-state index is 0.171. The van der Waals surface area contributed by atoms with Crippen molar-refractivity contribution < 1.29 is 13.9 Å². The molecular formula is C20H21FN2O2S2. The Kier molecular flexibility index (Phi) is 6.68. The van der Waals surface area contributed by atoms with Crippen LogP contribution in [0.2, 0.25) is 0 Å². The van der Waals surface area contributed by atoms with E-state index in [1.54, 1.807) is 30.8 Å². The van der Waals surface area contributed by atoms with E-state index in [1.807, 2.05) is 35.2 Å². The standard InChI is InChI=1S/C20H21FN2O2S2/c1-2-25-19(24)17-13-27-18(15-8-10-16(21)11-9-15)23(17)20(26)22-12-14-6-4-3-5-7-14/h3-11,17-18H,2,12-13H2,1H3,(H,22,26)/t17-,18+/m1/s1. The molecule has 0 aromatic heterocycles. The number of hydrogen-bond donors (Lipinski definition) is 1. The van der Waals surface area contributed by atoms with Gasteiger partial charge in [0.25, 0.3) is 0 Å². The summed E-state index contributed by atoms with van der Waals surface area (Å²) in [6.07, 6.45) is 0. The van der Waals surface area contributed by atoms with Crippen LogP contribution in [0.5, 0.6) is 0 Å². The number of carbonyl (C=O) groups is 1. The minimum atomic E-state index is -0.472. The fourth-order valence-corrected chi connectivity index (χ4v) is 4.72. The maximum Gasteiger partial charge on any atom is 0.329 e. The molecule has 0 unspecified atom stereocenters. The molecular weight excluding hydrogens is 383 g/mol. The summed E-state index contributed by atoms with van der Waals surface area (Å²) in [5.74, 6) is -0.0212. The average molecular weight is 405 g/mol. The Morgan fingerprint density at radius 1 is 1.26 bits per heavy atom. The summed E-state index contributed by atoms with van der Waals surface area (Å²) in [6, 6.07) is 15.7. The summed E-state index contributed by atoms with van der Waals surface area (Å²) in [5, 5.41) is 3.55. The molecule has 0 amide bonds. The van der Waals surface area contributed by atoms with Crippen LogP contribution in [0.3, 0.4) is 0 Å². The number of rotatable bonds is 5. The van der Waals surface area contributed by atoms with E-state index < -0.39 is 6.04 Å². The highest BCUT2D eigenvalue weighted by Gasteiger charge is 2.41. The highest BCUT2D eigenvalue weighted by atomic mass is 32.2. The Morgan fingerprint density at radius 3 is 2.63 bits per heavy atom. The van der Waals surface area contributed by atoms with Crippen LogP contribution in [0.4, 0.5) is 4.39 Å². The van der Waals surface area contributed by atoms with Crippen molar-refractivity contribution in [2.45, 2.75) is 24.9 Å². The molecule has 4 nitrogen and oxygen atoms in total. The van der Waals surface area contributed by atoms with E-state index in [4.69, 9.17) is 17.0 Å². The molecule has 3 rings (SSSR count). The first-order chi connectivity index (χ1) is 13.1. The largest absolute Gasteiger partial charge is 0.464 e. The van der Waals surface area contributed by atoms with Crippen LogP contribution in [-0.2, 0) is 16.1 Å². The van der Waals surface area contributed by atoms with Gasteiger partial charge >= 0.3 is 5.97 Å². The van der Waals surface area contributed by atoms with Gasteiger partial charge in [0, 0.05) is 12.3 Å². The van der Waals surface area contributed by atoms with E-state index in [0.29, 0.717) is 24.0 Å². The molecule has 7 heteroatoms. The van der Waals surface area contributed by atoms with E-state index in [1.165, 1.54) is 12.1 Å². The quantitative estimate of drug-likeness (QED) is 0.603. The third kappa shape index (κ3) is 4.78. The maximum absolute atomic E-state index is 13.3. The van der Waals surface area contributed by atoms with Crippen molar-refractivity contribution in [1.82, 2.24) is 10.2 Å². The molecule has 27 heavy (non-hydrogen) atoms. The Bertz CT molecular complexity index is 786. The van der Waals surface area contributed by atoms with Crippen LogP contribution in [0.1, 0.15) is 23.4 Å². The molecule has 1 aliphatic rings. The lowest BCUT2D eigenvalue weighted by Gasteiger charge is -2.31. The molecule has 1 aliphatic heterocycles. The summed E-state index contributed by atoms with van der Waals surface area (Å²) in [7, 11) is 0. The third-order valence-electron chi connectivity index (χ3n) is 4.24. The van der Waals surface area contributed by atoms with Gasteiger partial charge < -0.3 is 15.0 Å². The molecule has 1 fully saturated rings. The zero-order valence-electron chi connectivity index (χ0n) is 14.9. The lowest BCUT2D eigenvalue weighted by atomic mass is 10.2. The molecule has 2 aromatic carbocycles. The predicted molar refractivity (Wildman–Crippen MR) is 110 cm³/mol. The number of nitrogens with one attached hydrogen (secondary N) is 1. The molecule has 0 spiro atoms. The Morgan fingerprint density at radius 2 is 1.96 bits per heavy atom. The fraction of sp³-hybridized carbons (Fsp3) is 0.300. The van der Waals surface area contributed by atoms with Crippen LogP contribution < -0.4 is 5.32 Å². The SMILES string of the molecule is CCOC(=O)[C@H]1CS[C@@H](c2ccc(F)cc2)N1C(=S)NCc1ccccc1. The van der Waals surface area contributed by atoms with E-state index in [2.05, 4.69) is 5.32 Å². The Hall–Kier alpha value is -2.12. The van der Waals surface area contributed by atoms with Gasteiger partial charge in [-0.25, -0.2) is 9.18 Å². The van der Waals surface area contributed by atoms with E-state index in [-0.39, 0.29) is 17.2 Å². The molecule has 1 heterocycles. The predicted octanol–water partition coefficient (Wildman–Crippen LogP) is 3.88. The number of esters is 1. The van der Waals surface area contributed by atoms with Crippen LogP contribution in [0, 0.1) is 5.82 Å². The molecule has 2 aromatic rings. The average Bonchev–Trinajstić information content (AvgIpc) is 3.13. The van der Waals surface area contributed by atoms with Gasteiger partial charge in [-0.15, -0.1) is 11.8 Å². The first-order valence-electron chi connectivity index (χ1n) is 8.74. The zero-order chi connectivity index (χ0) is 19.2. The van der Waals surface area contributed by atoms with Crippen molar-refractivity contribution in [3.05, 3.63) is 71.5 Å². The summed E-state index contributed by atoms with van der Waals surface area (Å²) >= 11 is 7.21. The zero-order valence-corrected chi connectivity index (χ0v) is 16.6. The molecule has 142 valence electrons. The first-order valence-corrected chi connectivity index (χ1v) is 10.2. The number of ether oxygens (including phenoxy) is 1. The second-order valence-corrected chi connectivity index (χ2v) is 7.56. The summed E-state index contributed by atoms with van der Waals surface area (Å²) < 4.78 is 18.5. The molecule has 0 radical (unpaired) electrons. The van der Waals surface area contributed by atoms with Gasteiger partial charge in [0.05, 0.1) is 6.61 Å². The van der Waals surface area contributed by atoms with Gasteiger partial charge in [0.1, 0.15) is 17.2 Å². The number of nitrogens with zero attached hydrogens (tertiary/aromatic N) is 1. The Labute approximate surface area is 168 Å². The normalized spacial score (nSPS) is 19.0. The van der Waals surface area contributed by atoms with Crippen molar-refractivity contribution in [3.63, 3.8) is 0 Å². The van der Waals surface area contributed by atoms with Gasteiger partial charge in [-0.3, -0.25) is 0 Å². The lowest BCUT2D eigenvalue weighted by molar-refractivity contribution is -0.147. The number of carbonyl (C=O) groups excluding carboxylic acids is 1. The molecule has 0 saturated carbocycles. The van der Waals surface area contributed by atoms with Crippen LogP contribution in [0.15, 0.2) is 54.6 Å². The second kappa shape index (κ2) is 9.19. The molecule has 1 saturated heterocycles. The van der Waals surface area contributed by atoms with Crippen molar-refractivity contribution in [3.8, 4) is 0 Å². The summed E-state index contributed by atoms with van der Waals surface area (Å²) in [5.41, 5.74) is 2.00. The molecule has 1 N–H and O–H groups in total. The molecule has 2 atom stereocenters. The van der Waals surface area contributed by atoms with Gasteiger partial charge in [0.2, 0.25) is 0 Å². The monoisotopic (exact) mass is 404 g/mol. The molecule has 0 bridgehead atoms. The van der Waals surface area contributed by atoms with Crippen molar-refractivity contribution in [1.29, 1.82) is 0 Å². The first kappa shape index (κ1) is 19.6. The highest BCUT2D eigenvalue weighted by Crippen LogP contribution is 2.41. The van der Waals surface area contributed by atoms with Gasteiger partial charge in [-0.05, 0) is 42.4 Å². The van der Waals surface area contributed by atoms with E-state index in [9.17, 15) is 9.18 Å². The van der Waals surface area contributed by atoms with Crippen LogP contribution >= 0.6 is 24.0 Å². The topological polar surface area (TPSA) is 41.6 Å². The number of thiocarbonyl (C=S) groups is 1. The van der Waals surface area contributed by atoms with Crippen LogP contribution in [-0.4, -0.2) is 34.4 Å². The minimum Gasteiger partial charge on any atom is -0.464 e. The van der Waals surface area contributed by atoms with Crippen molar-refractivity contribution in [2.24, 2.45) is 0 Å². The van der Waals surface area contributed by atoms with Gasteiger partial charge in [-0.2, -0.15) is 0 Å². The summed E-state index contributed by atoms with van der Waals surface area (Å²) in [4.78, 5) is 14.3. The van der Waals surface area contributed by atoms with Crippen molar-refractivity contribution in [2.75, 3.05) is 12.4 Å². The van der Waals surface area contributed by atoms with Crippen molar-refractivity contribution >= 4 is 35.1 Å². The molecule has 0 aliphatic carbocycles. The second-order valence-electron chi connectivity index (χ2n) is 6.06. The fourth-order valence-electron chi connectivity index (χ4n) is 2.92. The van der Waals surface area contributed by atoms with E-state index >= 15 is 0 Å². The number of halogens is 1. The van der Waals surface area contributed by atoms with Crippen LogP contribution in [0.25, 0.3) is 0 Å². The smallest absolute Gasteiger partial charge is 0.329 e. The van der Waals surface area contributed by atoms with E-state index in [0.717, 1.165) is 11.1 Å². The number of benzene rings is 2. The highest BCUT2D eigenvalue weighted by molar-refractivity contribution is 7.99. The Balaban J connectivity index is 1.79. The number of thioether (sulfide) groups is 1.